The fraction of sp³-hybridized carbons (Fsp3) is 0.0588. The van der Waals surface area contributed by atoms with Gasteiger partial charge in [0.25, 0.3) is 0 Å². The van der Waals surface area contributed by atoms with Gasteiger partial charge in [0.15, 0.2) is 0 Å². The molecule has 20 heavy (non-hydrogen) atoms. The molecule has 0 unspecified atom stereocenters. The molecule has 4 rings (SSSR count). The summed E-state index contributed by atoms with van der Waals surface area (Å²) in [5.74, 6) is 0. The quantitative estimate of drug-likeness (QED) is 0.519. The van der Waals surface area contributed by atoms with Crippen molar-refractivity contribution in [1.82, 2.24) is 15.0 Å². The first-order chi connectivity index (χ1) is 9.81. The number of hydrogen-bond donors (Lipinski definition) is 0. The van der Waals surface area contributed by atoms with Gasteiger partial charge in [0.05, 0.1) is 11.2 Å². The summed E-state index contributed by atoms with van der Waals surface area (Å²) in [5, 5.41) is 11.0. The van der Waals surface area contributed by atoms with Gasteiger partial charge in [-0.2, -0.15) is 0 Å². The minimum absolute atomic E-state index is 0.921. The molecular weight excluding hydrogens is 246 g/mol. The average Bonchev–Trinajstić information content (AvgIpc) is 2.88. The first-order valence-electron chi connectivity index (χ1n) is 6.62. The van der Waals surface area contributed by atoms with Crippen LogP contribution in [0, 0.1) is 6.92 Å². The Labute approximate surface area is 116 Å². The zero-order valence-corrected chi connectivity index (χ0v) is 11.1. The van der Waals surface area contributed by atoms with Gasteiger partial charge in [-0.15, -0.1) is 5.10 Å². The van der Waals surface area contributed by atoms with Gasteiger partial charge in [-0.25, -0.2) is 4.68 Å². The lowest BCUT2D eigenvalue weighted by Gasteiger charge is -2.03. The summed E-state index contributed by atoms with van der Waals surface area (Å²) in [7, 11) is 0. The van der Waals surface area contributed by atoms with E-state index in [-0.39, 0.29) is 0 Å². The zero-order chi connectivity index (χ0) is 13.5. The summed E-state index contributed by atoms with van der Waals surface area (Å²) in [5.41, 5.74) is 4.23. The Morgan fingerprint density at radius 2 is 1.55 bits per heavy atom. The molecule has 3 nitrogen and oxygen atoms in total. The molecule has 0 saturated carbocycles. The SMILES string of the molecule is Cc1ccc(-n2nnc3cc4ccccc4cc32)cc1. The van der Waals surface area contributed by atoms with Gasteiger partial charge in [-0.05, 0) is 42.0 Å². The van der Waals surface area contributed by atoms with Crippen molar-refractivity contribution in [2.24, 2.45) is 0 Å². The van der Waals surface area contributed by atoms with E-state index in [4.69, 9.17) is 0 Å². The summed E-state index contributed by atoms with van der Waals surface area (Å²) in [6.45, 7) is 2.08. The summed E-state index contributed by atoms with van der Waals surface area (Å²) < 4.78 is 1.89. The Bertz CT molecular complexity index is 904. The molecule has 0 aliphatic heterocycles. The average molecular weight is 259 g/mol. The molecule has 0 saturated heterocycles. The lowest BCUT2D eigenvalue weighted by Crippen LogP contribution is -1.96. The highest BCUT2D eigenvalue weighted by molar-refractivity contribution is 5.95. The predicted molar refractivity (Wildman–Crippen MR) is 81.1 cm³/mol. The van der Waals surface area contributed by atoms with Crippen molar-refractivity contribution in [3.63, 3.8) is 0 Å². The Kier molecular flexibility index (Phi) is 2.33. The standard InChI is InChI=1S/C17H13N3/c1-12-6-8-15(9-7-12)20-17-11-14-5-3-2-4-13(14)10-16(17)18-19-20/h2-11H,1H3. The number of aromatic nitrogens is 3. The molecule has 96 valence electrons. The van der Waals surface area contributed by atoms with E-state index in [0.717, 1.165) is 16.7 Å². The first-order valence-corrected chi connectivity index (χ1v) is 6.62. The largest absolute Gasteiger partial charge is 0.213 e. The van der Waals surface area contributed by atoms with E-state index in [1.807, 2.05) is 16.8 Å². The normalized spacial score (nSPS) is 11.2. The van der Waals surface area contributed by atoms with Crippen molar-refractivity contribution in [1.29, 1.82) is 0 Å². The minimum Gasteiger partial charge on any atom is -0.213 e. The zero-order valence-electron chi connectivity index (χ0n) is 11.1. The highest BCUT2D eigenvalue weighted by Gasteiger charge is 2.07. The van der Waals surface area contributed by atoms with Gasteiger partial charge in [-0.1, -0.05) is 47.2 Å². The molecule has 0 bridgehead atoms. The fourth-order valence-corrected chi connectivity index (χ4v) is 2.48. The number of aryl methyl sites for hydroxylation is 1. The van der Waals surface area contributed by atoms with Crippen LogP contribution in [0.15, 0.2) is 60.7 Å². The van der Waals surface area contributed by atoms with Gasteiger partial charge in [0.1, 0.15) is 5.52 Å². The van der Waals surface area contributed by atoms with Gasteiger partial charge >= 0.3 is 0 Å². The highest BCUT2D eigenvalue weighted by atomic mass is 15.4. The van der Waals surface area contributed by atoms with Crippen LogP contribution in [-0.2, 0) is 0 Å². The fourth-order valence-electron chi connectivity index (χ4n) is 2.48. The topological polar surface area (TPSA) is 30.7 Å². The molecule has 0 atom stereocenters. The molecule has 0 aliphatic rings. The van der Waals surface area contributed by atoms with E-state index in [0.29, 0.717) is 0 Å². The lowest BCUT2D eigenvalue weighted by atomic mass is 10.1. The van der Waals surface area contributed by atoms with Gasteiger partial charge in [0.2, 0.25) is 0 Å². The molecule has 1 aromatic heterocycles. The van der Waals surface area contributed by atoms with E-state index in [1.54, 1.807) is 0 Å². The summed E-state index contributed by atoms with van der Waals surface area (Å²) >= 11 is 0. The summed E-state index contributed by atoms with van der Waals surface area (Å²) in [6, 6.07) is 20.8. The van der Waals surface area contributed by atoms with Gasteiger partial charge in [0, 0.05) is 0 Å². The number of rotatable bonds is 1. The molecule has 0 N–H and O–H groups in total. The lowest BCUT2D eigenvalue weighted by molar-refractivity contribution is 0.824. The second-order valence-corrected chi connectivity index (χ2v) is 5.02. The van der Waals surface area contributed by atoms with E-state index < -0.39 is 0 Å². The van der Waals surface area contributed by atoms with Crippen molar-refractivity contribution in [3.05, 3.63) is 66.2 Å². The molecular formula is C17H13N3. The van der Waals surface area contributed by atoms with Crippen LogP contribution in [0.2, 0.25) is 0 Å². The predicted octanol–water partition coefficient (Wildman–Crippen LogP) is 3.88. The third-order valence-electron chi connectivity index (χ3n) is 3.59. The van der Waals surface area contributed by atoms with Crippen LogP contribution in [0.4, 0.5) is 0 Å². The van der Waals surface area contributed by atoms with E-state index in [1.165, 1.54) is 16.3 Å². The smallest absolute Gasteiger partial charge is 0.114 e. The maximum atomic E-state index is 4.28. The summed E-state index contributed by atoms with van der Waals surface area (Å²) in [4.78, 5) is 0. The van der Waals surface area contributed by atoms with Crippen LogP contribution >= 0.6 is 0 Å². The number of fused-ring (bicyclic) bond motifs is 2. The first kappa shape index (κ1) is 11.2. The molecule has 0 spiro atoms. The van der Waals surface area contributed by atoms with Crippen LogP contribution < -0.4 is 0 Å². The Morgan fingerprint density at radius 3 is 2.30 bits per heavy atom. The molecule has 3 aromatic carbocycles. The van der Waals surface area contributed by atoms with Crippen molar-refractivity contribution in [2.75, 3.05) is 0 Å². The van der Waals surface area contributed by atoms with Crippen LogP contribution in [0.1, 0.15) is 5.56 Å². The molecule has 0 radical (unpaired) electrons. The van der Waals surface area contributed by atoms with Gasteiger partial charge in [-0.3, -0.25) is 0 Å². The van der Waals surface area contributed by atoms with Crippen molar-refractivity contribution < 1.29 is 0 Å². The van der Waals surface area contributed by atoms with E-state index in [2.05, 4.69) is 65.8 Å². The Morgan fingerprint density at radius 1 is 0.850 bits per heavy atom. The number of benzene rings is 3. The Hall–Kier alpha value is -2.68. The van der Waals surface area contributed by atoms with Crippen molar-refractivity contribution >= 4 is 21.8 Å². The minimum atomic E-state index is 0.921. The third-order valence-corrected chi connectivity index (χ3v) is 3.59. The van der Waals surface area contributed by atoms with Crippen molar-refractivity contribution in [3.8, 4) is 5.69 Å². The maximum absolute atomic E-state index is 4.28. The summed E-state index contributed by atoms with van der Waals surface area (Å²) in [6.07, 6.45) is 0. The monoisotopic (exact) mass is 259 g/mol. The molecule has 1 heterocycles. The third kappa shape index (κ3) is 1.67. The van der Waals surface area contributed by atoms with Crippen LogP contribution in [0.3, 0.4) is 0 Å². The number of nitrogens with zero attached hydrogens (tertiary/aromatic N) is 3. The van der Waals surface area contributed by atoms with E-state index >= 15 is 0 Å². The molecule has 0 fully saturated rings. The molecule has 4 aromatic rings. The molecule has 0 aliphatic carbocycles. The highest BCUT2D eigenvalue weighted by Crippen LogP contribution is 2.23. The van der Waals surface area contributed by atoms with Crippen LogP contribution in [0.25, 0.3) is 27.5 Å². The second-order valence-electron chi connectivity index (χ2n) is 5.02. The van der Waals surface area contributed by atoms with Crippen molar-refractivity contribution in [2.45, 2.75) is 6.92 Å². The second kappa shape index (κ2) is 4.17. The molecule has 3 heteroatoms. The van der Waals surface area contributed by atoms with Crippen LogP contribution in [-0.4, -0.2) is 15.0 Å². The Balaban J connectivity index is 2.00. The van der Waals surface area contributed by atoms with Gasteiger partial charge < -0.3 is 0 Å². The number of hydrogen-bond acceptors (Lipinski definition) is 2. The maximum Gasteiger partial charge on any atom is 0.114 e. The molecule has 0 amide bonds. The van der Waals surface area contributed by atoms with Crippen LogP contribution in [0.5, 0.6) is 0 Å². The van der Waals surface area contributed by atoms with E-state index in [9.17, 15) is 0 Å².